The zero-order valence-electron chi connectivity index (χ0n) is 13.4. The SMILES string of the molecule is Cc1nc(C)c2cc3c(n[n+]2c1C)-c1cccc2cccc-3c12. The van der Waals surface area contributed by atoms with Crippen molar-refractivity contribution in [1.29, 1.82) is 0 Å². The minimum absolute atomic E-state index is 1.02. The number of hydrogen-bond acceptors (Lipinski definition) is 2. The molecular formula is C20H16N3+. The van der Waals surface area contributed by atoms with E-state index in [2.05, 4.69) is 61.3 Å². The Bertz CT molecular complexity index is 1140. The fourth-order valence-electron chi connectivity index (χ4n) is 3.70. The van der Waals surface area contributed by atoms with Crippen LogP contribution in [0.2, 0.25) is 0 Å². The Kier molecular flexibility index (Phi) is 2.28. The minimum Gasteiger partial charge on any atom is -0.245 e. The second kappa shape index (κ2) is 4.13. The Labute approximate surface area is 134 Å². The predicted molar refractivity (Wildman–Crippen MR) is 91.3 cm³/mol. The molecule has 0 saturated heterocycles. The van der Waals surface area contributed by atoms with Crippen molar-refractivity contribution in [1.82, 2.24) is 10.1 Å². The number of aromatic nitrogens is 3. The highest BCUT2D eigenvalue weighted by Gasteiger charge is 2.28. The maximum atomic E-state index is 4.99. The van der Waals surface area contributed by atoms with Crippen LogP contribution in [0, 0.1) is 20.8 Å². The van der Waals surface area contributed by atoms with Crippen LogP contribution in [-0.4, -0.2) is 10.1 Å². The molecule has 2 aromatic heterocycles. The van der Waals surface area contributed by atoms with Crippen LogP contribution >= 0.6 is 0 Å². The molecule has 0 unspecified atom stereocenters. The fourth-order valence-corrected chi connectivity index (χ4v) is 3.70. The molecular weight excluding hydrogens is 282 g/mol. The normalized spacial score (nSPS) is 12.1. The topological polar surface area (TPSA) is 29.9 Å². The van der Waals surface area contributed by atoms with E-state index in [1.54, 1.807) is 0 Å². The highest BCUT2D eigenvalue weighted by molar-refractivity contribution is 6.14. The molecule has 4 aromatic rings. The summed E-state index contributed by atoms with van der Waals surface area (Å²) in [6.45, 7) is 6.18. The van der Waals surface area contributed by atoms with E-state index < -0.39 is 0 Å². The van der Waals surface area contributed by atoms with Crippen LogP contribution in [0.3, 0.4) is 0 Å². The molecule has 1 aliphatic carbocycles. The highest BCUT2D eigenvalue weighted by Crippen LogP contribution is 2.45. The summed E-state index contributed by atoms with van der Waals surface area (Å²) in [4.78, 5) is 4.66. The molecule has 0 bridgehead atoms. The Balaban J connectivity index is 2.00. The molecule has 0 radical (unpaired) electrons. The summed E-state index contributed by atoms with van der Waals surface area (Å²) in [6.07, 6.45) is 0. The second-order valence-electron chi connectivity index (χ2n) is 6.28. The second-order valence-corrected chi connectivity index (χ2v) is 6.28. The third kappa shape index (κ3) is 1.51. The van der Waals surface area contributed by atoms with Crippen LogP contribution in [0.1, 0.15) is 17.1 Å². The quantitative estimate of drug-likeness (QED) is 0.405. The van der Waals surface area contributed by atoms with Gasteiger partial charge >= 0.3 is 0 Å². The predicted octanol–water partition coefficient (Wildman–Crippen LogP) is 3.94. The van der Waals surface area contributed by atoms with E-state index in [0.717, 1.165) is 28.3 Å². The highest BCUT2D eigenvalue weighted by atomic mass is 15.2. The molecule has 3 nitrogen and oxygen atoms in total. The summed E-state index contributed by atoms with van der Waals surface area (Å²) in [5.41, 5.74) is 9.02. The number of hydrogen-bond donors (Lipinski definition) is 0. The van der Waals surface area contributed by atoms with Crippen LogP contribution in [0.4, 0.5) is 0 Å². The summed E-state index contributed by atoms with van der Waals surface area (Å²) >= 11 is 0. The Morgan fingerprint density at radius 1 is 0.826 bits per heavy atom. The van der Waals surface area contributed by atoms with Crippen LogP contribution in [0.15, 0.2) is 42.5 Å². The van der Waals surface area contributed by atoms with Crippen molar-refractivity contribution < 1.29 is 4.52 Å². The summed E-state index contributed by atoms with van der Waals surface area (Å²) in [5.74, 6) is 0. The smallest absolute Gasteiger partial charge is 0.245 e. The fraction of sp³-hybridized carbons (Fsp3) is 0.150. The molecule has 110 valence electrons. The number of fused-ring (bicyclic) bond motifs is 4. The summed E-state index contributed by atoms with van der Waals surface area (Å²) in [5, 5.41) is 7.58. The average Bonchev–Trinajstić information content (AvgIpc) is 2.88. The molecule has 2 heterocycles. The van der Waals surface area contributed by atoms with Crippen LogP contribution in [0.25, 0.3) is 38.7 Å². The molecule has 0 amide bonds. The largest absolute Gasteiger partial charge is 0.260 e. The van der Waals surface area contributed by atoms with Crippen molar-refractivity contribution in [2.24, 2.45) is 0 Å². The van der Waals surface area contributed by atoms with E-state index in [0.29, 0.717) is 0 Å². The Morgan fingerprint density at radius 3 is 2.35 bits per heavy atom. The van der Waals surface area contributed by atoms with Gasteiger partial charge in [-0.05, 0) is 34.7 Å². The monoisotopic (exact) mass is 298 g/mol. The zero-order valence-corrected chi connectivity index (χ0v) is 13.4. The molecule has 0 spiro atoms. The number of benzene rings is 2. The molecule has 0 saturated carbocycles. The molecule has 0 atom stereocenters. The first kappa shape index (κ1) is 12.7. The van der Waals surface area contributed by atoms with Gasteiger partial charge in [0.1, 0.15) is 17.1 Å². The summed E-state index contributed by atoms with van der Waals surface area (Å²) in [6, 6.07) is 15.2. The van der Waals surface area contributed by atoms with Gasteiger partial charge in [-0.25, -0.2) is 4.98 Å². The number of aryl methyl sites for hydroxylation is 3. The maximum absolute atomic E-state index is 4.99. The molecule has 1 aliphatic rings. The van der Waals surface area contributed by atoms with Crippen molar-refractivity contribution in [2.75, 3.05) is 0 Å². The van der Waals surface area contributed by atoms with Gasteiger partial charge in [0, 0.05) is 29.2 Å². The maximum Gasteiger partial charge on any atom is 0.260 e. The van der Waals surface area contributed by atoms with Crippen LogP contribution in [0.5, 0.6) is 0 Å². The Hall–Kier alpha value is -2.81. The third-order valence-electron chi connectivity index (χ3n) is 4.96. The van der Waals surface area contributed by atoms with Gasteiger partial charge in [0.2, 0.25) is 5.69 Å². The third-order valence-corrected chi connectivity index (χ3v) is 4.96. The molecule has 5 rings (SSSR count). The van der Waals surface area contributed by atoms with E-state index in [9.17, 15) is 0 Å². The summed E-state index contributed by atoms with van der Waals surface area (Å²) in [7, 11) is 0. The van der Waals surface area contributed by atoms with E-state index in [-0.39, 0.29) is 0 Å². The van der Waals surface area contributed by atoms with Gasteiger partial charge in [-0.2, -0.15) is 0 Å². The van der Waals surface area contributed by atoms with Crippen molar-refractivity contribution in [3.05, 3.63) is 59.5 Å². The number of rotatable bonds is 0. The zero-order chi connectivity index (χ0) is 15.7. The lowest BCUT2D eigenvalue weighted by Gasteiger charge is -2.03. The van der Waals surface area contributed by atoms with E-state index >= 15 is 0 Å². The van der Waals surface area contributed by atoms with E-state index in [4.69, 9.17) is 5.10 Å². The van der Waals surface area contributed by atoms with E-state index in [1.165, 1.54) is 27.5 Å². The molecule has 23 heavy (non-hydrogen) atoms. The first-order chi connectivity index (χ1) is 11.1. The molecule has 3 heteroatoms. The van der Waals surface area contributed by atoms with Gasteiger partial charge in [-0.3, -0.25) is 0 Å². The standard InChI is InChI=1S/C20H16N3/c1-11-13(3)23-18(12(2)21-11)10-17-15-8-4-6-14-7-5-9-16(19(14)15)20(17)22-23/h4-10H,1-3H3/q+1. The molecule has 0 aliphatic heterocycles. The molecule has 0 fully saturated rings. The van der Waals surface area contributed by atoms with Gasteiger partial charge in [0.25, 0.3) is 5.52 Å². The van der Waals surface area contributed by atoms with Crippen LogP contribution in [-0.2, 0) is 0 Å². The minimum atomic E-state index is 1.02. The van der Waals surface area contributed by atoms with Crippen molar-refractivity contribution in [3.63, 3.8) is 0 Å². The van der Waals surface area contributed by atoms with Gasteiger partial charge < -0.3 is 0 Å². The first-order valence-electron chi connectivity index (χ1n) is 7.88. The van der Waals surface area contributed by atoms with Crippen molar-refractivity contribution in [3.8, 4) is 22.4 Å². The Morgan fingerprint density at radius 2 is 1.57 bits per heavy atom. The van der Waals surface area contributed by atoms with E-state index in [1.807, 2.05) is 11.4 Å². The van der Waals surface area contributed by atoms with Gasteiger partial charge in [-0.1, -0.05) is 36.4 Å². The lowest BCUT2D eigenvalue weighted by atomic mass is 10.0. The van der Waals surface area contributed by atoms with Crippen molar-refractivity contribution >= 4 is 16.3 Å². The van der Waals surface area contributed by atoms with Gasteiger partial charge in [0.05, 0.1) is 0 Å². The van der Waals surface area contributed by atoms with Gasteiger partial charge in [0.15, 0.2) is 0 Å². The average molecular weight is 298 g/mol. The molecule has 2 aromatic carbocycles. The lowest BCUT2D eigenvalue weighted by molar-refractivity contribution is -0.587. The first-order valence-corrected chi connectivity index (χ1v) is 7.88. The lowest BCUT2D eigenvalue weighted by Crippen LogP contribution is -2.33. The number of nitrogens with zero attached hydrogens (tertiary/aromatic N) is 3. The van der Waals surface area contributed by atoms with Crippen LogP contribution < -0.4 is 4.52 Å². The van der Waals surface area contributed by atoms with Gasteiger partial charge in [-0.15, -0.1) is 0 Å². The molecule has 0 N–H and O–H groups in total. The van der Waals surface area contributed by atoms with Crippen molar-refractivity contribution in [2.45, 2.75) is 20.8 Å². The summed E-state index contributed by atoms with van der Waals surface area (Å²) < 4.78 is 2.04.